The van der Waals surface area contributed by atoms with E-state index in [4.69, 9.17) is 0 Å². The quantitative estimate of drug-likeness (QED) is 0.862. The van der Waals surface area contributed by atoms with Gasteiger partial charge in [0.1, 0.15) is 0 Å². The Bertz CT molecular complexity index is 729. The van der Waals surface area contributed by atoms with Gasteiger partial charge in [-0.15, -0.1) is 0 Å². The molecule has 0 unspecified atom stereocenters. The minimum Gasteiger partial charge on any atom is -0.326 e. The third kappa shape index (κ3) is 3.86. The first-order valence-electron chi connectivity index (χ1n) is 7.72. The summed E-state index contributed by atoms with van der Waals surface area (Å²) >= 11 is 0. The summed E-state index contributed by atoms with van der Waals surface area (Å²) in [7, 11) is 0. The molecule has 0 saturated carbocycles. The number of anilines is 1. The zero-order valence-corrected chi connectivity index (χ0v) is 14.3. The molecule has 122 valence electrons. The molecule has 0 fully saturated rings. The lowest BCUT2D eigenvalue weighted by Crippen LogP contribution is -2.25. The van der Waals surface area contributed by atoms with Crippen LogP contribution in [0.4, 0.5) is 5.69 Å². The van der Waals surface area contributed by atoms with E-state index in [1.54, 1.807) is 24.3 Å². The Hall–Kier alpha value is -2.43. The second-order valence-electron chi connectivity index (χ2n) is 6.00. The first-order valence-corrected chi connectivity index (χ1v) is 7.72. The number of carbonyl (C=O) groups excluding carboxylic acids is 2. The summed E-state index contributed by atoms with van der Waals surface area (Å²) in [6.45, 7) is 9.96. The van der Waals surface area contributed by atoms with Crippen LogP contribution in [0.15, 0.2) is 24.3 Å². The van der Waals surface area contributed by atoms with Crippen LogP contribution >= 0.6 is 0 Å². The fourth-order valence-electron chi connectivity index (χ4n) is 2.36. The Morgan fingerprint density at radius 2 is 1.78 bits per heavy atom. The molecule has 1 heterocycles. The Kier molecular flexibility index (Phi) is 4.98. The van der Waals surface area contributed by atoms with Gasteiger partial charge in [-0.2, -0.15) is 5.10 Å². The zero-order chi connectivity index (χ0) is 17.1. The van der Waals surface area contributed by atoms with Gasteiger partial charge in [0.05, 0.1) is 18.2 Å². The highest BCUT2D eigenvalue weighted by atomic mass is 16.2. The lowest BCUT2D eigenvalue weighted by atomic mass is 10.1. The molecule has 2 rings (SSSR count). The van der Waals surface area contributed by atoms with E-state index in [0.717, 1.165) is 17.0 Å². The summed E-state index contributed by atoms with van der Waals surface area (Å²) in [6, 6.07) is 6.92. The molecule has 1 atom stereocenters. The molecule has 1 amide bonds. The molecule has 1 aromatic heterocycles. The smallest absolute Gasteiger partial charge is 0.229 e. The Balaban J connectivity index is 2.02. The van der Waals surface area contributed by atoms with Gasteiger partial charge >= 0.3 is 0 Å². The summed E-state index contributed by atoms with van der Waals surface area (Å²) < 4.78 is 1.88. The number of rotatable bonds is 5. The number of Topliss-reactive ketones (excluding diaryl/α,β-unsaturated/α-hetero) is 1. The topological polar surface area (TPSA) is 64.0 Å². The van der Waals surface area contributed by atoms with Crippen molar-refractivity contribution in [2.75, 3.05) is 5.32 Å². The number of amides is 1. The second-order valence-corrected chi connectivity index (χ2v) is 6.00. The molecule has 2 aromatic rings. The normalized spacial score (nSPS) is 12.0. The second kappa shape index (κ2) is 6.77. The molecule has 5 nitrogen and oxygen atoms in total. The monoisotopic (exact) mass is 313 g/mol. The fourth-order valence-corrected chi connectivity index (χ4v) is 2.36. The Morgan fingerprint density at radius 1 is 1.17 bits per heavy atom. The molecule has 5 heteroatoms. The van der Waals surface area contributed by atoms with Gasteiger partial charge in [0, 0.05) is 16.9 Å². The number of ketones is 1. The van der Waals surface area contributed by atoms with Gasteiger partial charge in [-0.1, -0.05) is 6.92 Å². The zero-order valence-electron chi connectivity index (χ0n) is 14.3. The van der Waals surface area contributed by atoms with Crippen LogP contribution in [0.1, 0.15) is 41.2 Å². The van der Waals surface area contributed by atoms with E-state index in [0.29, 0.717) is 17.8 Å². The minimum atomic E-state index is -0.208. The molecular weight excluding hydrogens is 290 g/mol. The molecule has 0 aliphatic rings. The average molecular weight is 313 g/mol. The fraction of sp³-hybridized carbons (Fsp3) is 0.389. The predicted octanol–water partition coefficient (Wildman–Crippen LogP) is 3.29. The van der Waals surface area contributed by atoms with Gasteiger partial charge in [-0.25, -0.2) is 0 Å². The van der Waals surface area contributed by atoms with Gasteiger partial charge in [0.25, 0.3) is 0 Å². The highest BCUT2D eigenvalue weighted by molar-refractivity contribution is 5.96. The van der Waals surface area contributed by atoms with Crippen LogP contribution < -0.4 is 5.32 Å². The lowest BCUT2D eigenvalue weighted by molar-refractivity contribution is -0.119. The SMILES string of the molecule is CC(=O)c1ccc(NC(=O)[C@@H](C)Cn2nc(C)c(C)c2C)cc1. The molecule has 0 saturated heterocycles. The lowest BCUT2D eigenvalue weighted by Gasteiger charge is -2.14. The van der Waals surface area contributed by atoms with Crippen LogP contribution in [0.2, 0.25) is 0 Å². The van der Waals surface area contributed by atoms with Gasteiger partial charge < -0.3 is 5.32 Å². The number of nitrogens with zero attached hydrogens (tertiary/aromatic N) is 2. The number of nitrogens with one attached hydrogen (secondary N) is 1. The van der Waals surface area contributed by atoms with Crippen LogP contribution in [-0.4, -0.2) is 21.5 Å². The summed E-state index contributed by atoms with van der Waals surface area (Å²) in [5.74, 6) is -0.262. The Labute approximate surface area is 136 Å². The predicted molar refractivity (Wildman–Crippen MR) is 90.7 cm³/mol. The van der Waals surface area contributed by atoms with E-state index in [2.05, 4.69) is 10.4 Å². The summed E-state index contributed by atoms with van der Waals surface area (Å²) in [5.41, 5.74) is 4.57. The van der Waals surface area contributed by atoms with Gasteiger partial charge in [0.15, 0.2) is 5.78 Å². The maximum Gasteiger partial charge on any atom is 0.229 e. The van der Waals surface area contributed by atoms with E-state index in [9.17, 15) is 9.59 Å². The van der Waals surface area contributed by atoms with E-state index >= 15 is 0 Å². The first-order chi connectivity index (χ1) is 10.8. The van der Waals surface area contributed by atoms with E-state index in [1.165, 1.54) is 6.92 Å². The molecule has 1 N–H and O–H groups in total. The maximum atomic E-state index is 12.3. The van der Waals surface area contributed by atoms with E-state index in [1.807, 2.05) is 32.4 Å². The van der Waals surface area contributed by atoms with Gasteiger partial charge in [0.2, 0.25) is 5.91 Å². The average Bonchev–Trinajstić information content (AvgIpc) is 2.75. The molecule has 0 aliphatic heterocycles. The van der Waals surface area contributed by atoms with Crippen molar-refractivity contribution < 1.29 is 9.59 Å². The first kappa shape index (κ1) is 16.9. The van der Waals surface area contributed by atoms with Gasteiger partial charge in [-0.3, -0.25) is 14.3 Å². The minimum absolute atomic E-state index is 0.0103. The van der Waals surface area contributed by atoms with Crippen molar-refractivity contribution >= 4 is 17.4 Å². The molecule has 23 heavy (non-hydrogen) atoms. The van der Waals surface area contributed by atoms with Crippen molar-refractivity contribution in [1.29, 1.82) is 0 Å². The van der Waals surface area contributed by atoms with Crippen molar-refractivity contribution in [3.05, 3.63) is 46.8 Å². The number of benzene rings is 1. The van der Waals surface area contributed by atoms with Crippen LogP contribution in [0, 0.1) is 26.7 Å². The highest BCUT2D eigenvalue weighted by Crippen LogP contribution is 2.15. The highest BCUT2D eigenvalue weighted by Gasteiger charge is 2.17. The van der Waals surface area contributed by atoms with Crippen molar-refractivity contribution in [3.8, 4) is 0 Å². The maximum absolute atomic E-state index is 12.3. The van der Waals surface area contributed by atoms with Crippen LogP contribution in [0.3, 0.4) is 0 Å². The van der Waals surface area contributed by atoms with Crippen molar-refractivity contribution in [2.45, 2.75) is 41.2 Å². The molecule has 0 bridgehead atoms. The van der Waals surface area contributed by atoms with E-state index in [-0.39, 0.29) is 17.6 Å². The van der Waals surface area contributed by atoms with Crippen LogP contribution in [0.5, 0.6) is 0 Å². The van der Waals surface area contributed by atoms with Crippen molar-refractivity contribution in [1.82, 2.24) is 9.78 Å². The molecule has 0 spiro atoms. The van der Waals surface area contributed by atoms with Crippen LogP contribution in [-0.2, 0) is 11.3 Å². The Morgan fingerprint density at radius 3 is 2.26 bits per heavy atom. The molecule has 1 aromatic carbocycles. The standard InChI is InChI=1S/C18H23N3O2/c1-11(10-21-14(4)12(2)13(3)20-21)18(23)19-17-8-6-16(7-9-17)15(5)22/h6-9,11H,10H2,1-5H3,(H,19,23)/t11-/m0/s1. The third-order valence-corrected chi connectivity index (χ3v) is 4.20. The largest absolute Gasteiger partial charge is 0.326 e. The number of aromatic nitrogens is 2. The van der Waals surface area contributed by atoms with E-state index < -0.39 is 0 Å². The number of hydrogen-bond acceptors (Lipinski definition) is 3. The van der Waals surface area contributed by atoms with Crippen molar-refractivity contribution in [2.24, 2.45) is 5.92 Å². The summed E-state index contributed by atoms with van der Waals surface area (Å²) in [6.07, 6.45) is 0. The number of aryl methyl sites for hydroxylation is 1. The van der Waals surface area contributed by atoms with Crippen molar-refractivity contribution in [3.63, 3.8) is 0 Å². The third-order valence-electron chi connectivity index (χ3n) is 4.20. The number of carbonyl (C=O) groups is 2. The summed E-state index contributed by atoms with van der Waals surface area (Å²) in [4.78, 5) is 23.6. The van der Waals surface area contributed by atoms with Crippen LogP contribution in [0.25, 0.3) is 0 Å². The molecular formula is C18H23N3O2. The molecule has 0 radical (unpaired) electrons. The number of hydrogen-bond donors (Lipinski definition) is 1. The molecule has 0 aliphatic carbocycles. The van der Waals surface area contributed by atoms with Gasteiger partial charge in [-0.05, 0) is 57.5 Å². The summed E-state index contributed by atoms with van der Waals surface area (Å²) in [5, 5.41) is 7.35.